The number of carbonyl (C=O) groups excluding carboxylic acids is 1. The van der Waals surface area contributed by atoms with Crippen molar-refractivity contribution in [2.45, 2.75) is 63.7 Å². The Kier molecular flexibility index (Phi) is 9.78. The smallest absolute Gasteiger partial charge is 0.269 e. The lowest BCUT2D eigenvalue weighted by Crippen LogP contribution is -2.54. The summed E-state index contributed by atoms with van der Waals surface area (Å²) in [5.74, 6) is -3.45. The molecule has 1 fully saturated rings. The van der Waals surface area contributed by atoms with Gasteiger partial charge in [-0.25, -0.2) is 17.6 Å². The maximum absolute atomic E-state index is 14.1. The molecule has 198 valence electrons. The standard InChI is InChI=1S/C26H35F4N5O/c1-17(5-4-7-31-2)6-8-35(3)23-12-20(19-9-18(15-27)10-21(28)11-19)16-32-34-24(23)25(36)33-22-13-26(29,30)14-22/h9-12,16-17,22-23,31H,4-8,13-15H2,1-3H3,(H,33,36). The minimum atomic E-state index is -2.76. The number of nitrogens with zero attached hydrogens (tertiary/aromatic N) is 3. The average molecular weight is 510 g/mol. The molecular formula is C26H35F4N5O. The van der Waals surface area contributed by atoms with Crippen LogP contribution in [0.4, 0.5) is 17.6 Å². The Bertz CT molecular complexity index is 1000. The fourth-order valence-corrected chi connectivity index (χ4v) is 4.44. The summed E-state index contributed by atoms with van der Waals surface area (Å²) in [6.07, 6.45) is 5.31. The SMILES string of the molecule is CNCCCC(C)CCN(C)C1C=C(c2cc(F)cc(CF)c2)C=NN=C1C(=O)NC1CC(F)(F)C1. The van der Waals surface area contributed by atoms with Crippen molar-refractivity contribution >= 4 is 23.4 Å². The predicted molar refractivity (Wildman–Crippen MR) is 135 cm³/mol. The Morgan fingerprint density at radius 2 is 2.00 bits per heavy atom. The van der Waals surface area contributed by atoms with Crippen molar-refractivity contribution in [2.24, 2.45) is 16.1 Å². The number of alkyl halides is 3. The number of likely N-dealkylation sites (N-methyl/N-ethyl adjacent to an activating group) is 1. The highest BCUT2D eigenvalue weighted by atomic mass is 19.3. The van der Waals surface area contributed by atoms with E-state index >= 15 is 0 Å². The lowest BCUT2D eigenvalue weighted by Gasteiger charge is -2.36. The van der Waals surface area contributed by atoms with Crippen molar-refractivity contribution in [1.82, 2.24) is 15.5 Å². The zero-order valence-electron chi connectivity index (χ0n) is 21.0. The first kappa shape index (κ1) is 28.0. The van der Waals surface area contributed by atoms with E-state index in [1.807, 2.05) is 19.0 Å². The van der Waals surface area contributed by atoms with E-state index < -0.39 is 49.2 Å². The third-order valence-corrected chi connectivity index (χ3v) is 6.66. The largest absolute Gasteiger partial charge is 0.348 e. The van der Waals surface area contributed by atoms with E-state index in [0.717, 1.165) is 31.9 Å². The number of hydrogen-bond acceptors (Lipinski definition) is 5. The summed E-state index contributed by atoms with van der Waals surface area (Å²) in [4.78, 5) is 15.0. The molecule has 2 N–H and O–H groups in total. The van der Waals surface area contributed by atoms with Crippen molar-refractivity contribution in [3.05, 3.63) is 41.2 Å². The van der Waals surface area contributed by atoms with Crippen molar-refractivity contribution < 1.29 is 22.4 Å². The molecule has 1 saturated carbocycles. The van der Waals surface area contributed by atoms with E-state index in [-0.39, 0.29) is 11.3 Å². The summed E-state index contributed by atoms with van der Waals surface area (Å²) in [5.41, 5.74) is 1.17. The molecule has 1 aromatic rings. The number of nitrogens with one attached hydrogen (secondary N) is 2. The molecule has 2 atom stereocenters. The summed E-state index contributed by atoms with van der Waals surface area (Å²) in [7, 11) is 3.77. The molecule has 0 saturated heterocycles. The van der Waals surface area contributed by atoms with Crippen molar-refractivity contribution in [2.75, 3.05) is 27.2 Å². The van der Waals surface area contributed by atoms with Gasteiger partial charge in [-0.1, -0.05) is 13.0 Å². The van der Waals surface area contributed by atoms with E-state index in [1.54, 1.807) is 6.08 Å². The van der Waals surface area contributed by atoms with Crippen LogP contribution in [0, 0.1) is 11.7 Å². The summed E-state index contributed by atoms with van der Waals surface area (Å²) in [5, 5.41) is 13.9. The lowest BCUT2D eigenvalue weighted by molar-refractivity contribution is -0.123. The Balaban J connectivity index is 1.82. The van der Waals surface area contributed by atoms with Gasteiger partial charge in [0, 0.05) is 18.9 Å². The van der Waals surface area contributed by atoms with Gasteiger partial charge in [-0.15, -0.1) is 5.10 Å². The van der Waals surface area contributed by atoms with Crippen LogP contribution in [0.3, 0.4) is 0 Å². The maximum atomic E-state index is 14.1. The topological polar surface area (TPSA) is 69.1 Å². The van der Waals surface area contributed by atoms with Crippen LogP contribution in [0.1, 0.15) is 50.2 Å². The van der Waals surface area contributed by atoms with Gasteiger partial charge in [-0.05, 0) is 87.3 Å². The minimum Gasteiger partial charge on any atom is -0.348 e. The van der Waals surface area contributed by atoms with Crippen molar-refractivity contribution in [3.8, 4) is 0 Å². The molecule has 1 aliphatic carbocycles. The molecule has 1 aliphatic heterocycles. The molecule has 1 amide bonds. The van der Waals surface area contributed by atoms with Crippen LogP contribution in [0.15, 0.2) is 34.5 Å². The third kappa shape index (κ3) is 7.70. The maximum Gasteiger partial charge on any atom is 0.269 e. The van der Waals surface area contributed by atoms with Gasteiger partial charge in [0.25, 0.3) is 11.8 Å². The second kappa shape index (κ2) is 12.6. The fourth-order valence-electron chi connectivity index (χ4n) is 4.44. The van der Waals surface area contributed by atoms with Crippen LogP contribution in [0.25, 0.3) is 5.57 Å². The monoisotopic (exact) mass is 509 g/mol. The van der Waals surface area contributed by atoms with Crippen LogP contribution in [0.5, 0.6) is 0 Å². The number of benzene rings is 1. The van der Waals surface area contributed by atoms with Gasteiger partial charge in [-0.2, -0.15) is 5.10 Å². The van der Waals surface area contributed by atoms with E-state index in [0.29, 0.717) is 23.6 Å². The first-order chi connectivity index (χ1) is 17.1. The molecule has 0 spiro atoms. The highest BCUT2D eigenvalue weighted by Gasteiger charge is 2.46. The molecule has 10 heteroatoms. The third-order valence-electron chi connectivity index (χ3n) is 6.66. The summed E-state index contributed by atoms with van der Waals surface area (Å²) < 4.78 is 53.9. The second-order valence-corrected chi connectivity index (χ2v) is 9.83. The molecule has 2 aliphatic rings. The van der Waals surface area contributed by atoms with Crippen LogP contribution in [-0.4, -0.2) is 67.9 Å². The van der Waals surface area contributed by atoms with E-state index in [4.69, 9.17) is 0 Å². The lowest BCUT2D eigenvalue weighted by atomic mass is 9.88. The molecule has 3 rings (SSSR count). The highest BCUT2D eigenvalue weighted by Crippen LogP contribution is 2.37. The second-order valence-electron chi connectivity index (χ2n) is 9.83. The van der Waals surface area contributed by atoms with E-state index in [2.05, 4.69) is 27.8 Å². The first-order valence-electron chi connectivity index (χ1n) is 12.3. The van der Waals surface area contributed by atoms with E-state index in [9.17, 15) is 22.4 Å². The zero-order valence-corrected chi connectivity index (χ0v) is 21.0. The molecule has 6 nitrogen and oxygen atoms in total. The average Bonchev–Trinajstić information content (AvgIpc) is 3.04. The zero-order chi connectivity index (χ0) is 26.3. The van der Waals surface area contributed by atoms with Crippen LogP contribution in [-0.2, 0) is 11.5 Å². The summed E-state index contributed by atoms with van der Waals surface area (Å²) in [6, 6.07) is 2.67. The molecular weight excluding hydrogens is 474 g/mol. The Hall–Kier alpha value is -2.59. The van der Waals surface area contributed by atoms with Crippen molar-refractivity contribution in [1.29, 1.82) is 0 Å². The van der Waals surface area contributed by atoms with Gasteiger partial charge in [0.1, 0.15) is 18.2 Å². The molecule has 2 unspecified atom stereocenters. The highest BCUT2D eigenvalue weighted by molar-refractivity contribution is 6.42. The van der Waals surface area contributed by atoms with Gasteiger partial charge < -0.3 is 10.6 Å². The minimum absolute atomic E-state index is 0.0731. The number of amides is 1. The van der Waals surface area contributed by atoms with Crippen LogP contribution < -0.4 is 10.6 Å². The number of allylic oxidation sites excluding steroid dienone is 1. The van der Waals surface area contributed by atoms with Crippen LogP contribution in [0.2, 0.25) is 0 Å². The number of hydrogen-bond donors (Lipinski definition) is 2. The molecule has 0 bridgehead atoms. The first-order valence-corrected chi connectivity index (χ1v) is 12.3. The summed E-state index contributed by atoms with van der Waals surface area (Å²) >= 11 is 0. The van der Waals surface area contributed by atoms with Gasteiger partial charge in [0.05, 0.1) is 12.3 Å². The van der Waals surface area contributed by atoms with Gasteiger partial charge in [-0.3, -0.25) is 9.69 Å². The normalized spacial score (nSPS) is 20.4. The van der Waals surface area contributed by atoms with Crippen LogP contribution >= 0.6 is 0 Å². The Labute approximate surface area is 209 Å². The van der Waals surface area contributed by atoms with Crippen molar-refractivity contribution in [3.63, 3.8) is 0 Å². The van der Waals surface area contributed by atoms with Gasteiger partial charge in [0.15, 0.2) is 0 Å². The predicted octanol–water partition coefficient (Wildman–Crippen LogP) is 4.36. The Morgan fingerprint density at radius 3 is 2.67 bits per heavy atom. The summed E-state index contributed by atoms with van der Waals surface area (Å²) in [6.45, 7) is 2.94. The molecule has 0 radical (unpaired) electrons. The quantitative estimate of drug-likeness (QED) is 0.325. The van der Waals surface area contributed by atoms with Gasteiger partial charge >= 0.3 is 0 Å². The Morgan fingerprint density at radius 1 is 1.25 bits per heavy atom. The van der Waals surface area contributed by atoms with E-state index in [1.165, 1.54) is 18.3 Å². The molecule has 36 heavy (non-hydrogen) atoms. The molecule has 0 aromatic heterocycles. The number of rotatable bonds is 12. The fraction of sp³-hybridized carbons (Fsp3) is 0.577. The van der Waals surface area contributed by atoms with Gasteiger partial charge in [0.2, 0.25) is 0 Å². The molecule has 1 aromatic carbocycles. The number of halogens is 4. The molecule has 1 heterocycles. The number of carbonyl (C=O) groups is 1.